The molecule has 23 heavy (non-hydrogen) atoms. The van der Waals surface area contributed by atoms with Crippen LogP contribution in [-0.4, -0.2) is 46.7 Å². The van der Waals surface area contributed by atoms with Crippen molar-refractivity contribution in [1.82, 2.24) is 14.1 Å². The summed E-state index contributed by atoms with van der Waals surface area (Å²) in [5.41, 5.74) is 0.655. The van der Waals surface area contributed by atoms with Gasteiger partial charge in [-0.05, 0) is 25.7 Å². The lowest BCUT2D eigenvalue weighted by Gasteiger charge is -2.29. The van der Waals surface area contributed by atoms with Crippen molar-refractivity contribution in [3.8, 4) is 0 Å². The second-order valence-electron chi connectivity index (χ2n) is 6.57. The van der Waals surface area contributed by atoms with Crippen LogP contribution < -0.4 is 0 Å². The standard InChI is InChI=1S/C15H23N3O4S/c1-17-10-13(14(16-17)11-5-2-3-6-11)23(21,22)18-8-4-7-12(9-18)15(19)20/h10-12H,2-9H2,1H3,(H,19,20). The van der Waals surface area contributed by atoms with Gasteiger partial charge >= 0.3 is 5.97 Å². The molecule has 7 nitrogen and oxygen atoms in total. The van der Waals surface area contributed by atoms with E-state index in [4.69, 9.17) is 0 Å². The Hall–Kier alpha value is -1.41. The van der Waals surface area contributed by atoms with Gasteiger partial charge in [-0.25, -0.2) is 8.42 Å². The number of hydrogen-bond donors (Lipinski definition) is 1. The van der Waals surface area contributed by atoms with E-state index in [-0.39, 0.29) is 17.4 Å². The number of rotatable bonds is 4. The second kappa shape index (κ2) is 6.24. The van der Waals surface area contributed by atoms with Crippen molar-refractivity contribution >= 4 is 16.0 Å². The maximum atomic E-state index is 13.0. The lowest BCUT2D eigenvalue weighted by atomic mass is 10.0. The van der Waals surface area contributed by atoms with Crippen molar-refractivity contribution in [1.29, 1.82) is 0 Å². The predicted octanol–water partition coefficient (Wildman–Crippen LogP) is 1.56. The average molecular weight is 341 g/mol. The molecular weight excluding hydrogens is 318 g/mol. The summed E-state index contributed by atoms with van der Waals surface area (Å²) < 4.78 is 28.9. The van der Waals surface area contributed by atoms with E-state index in [9.17, 15) is 18.3 Å². The first-order chi connectivity index (χ1) is 10.9. The van der Waals surface area contributed by atoms with E-state index in [0.29, 0.717) is 25.1 Å². The minimum absolute atomic E-state index is 0.0522. The van der Waals surface area contributed by atoms with Crippen molar-refractivity contribution in [3.63, 3.8) is 0 Å². The minimum atomic E-state index is -3.69. The number of carboxylic acid groups (broad SMARTS) is 1. The number of carbonyl (C=O) groups is 1. The monoisotopic (exact) mass is 341 g/mol. The molecule has 1 aliphatic heterocycles. The second-order valence-corrected chi connectivity index (χ2v) is 8.48. The molecule has 0 amide bonds. The molecule has 2 fully saturated rings. The van der Waals surface area contributed by atoms with E-state index in [1.807, 2.05) is 0 Å². The van der Waals surface area contributed by atoms with Crippen LogP contribution in [0.5, 0.6) is 0 Å². The van der Waals surface area contributed by atoms with Gasteiger partial charge in [-0.1, -0.05) is 12.8 Å². The molecule has 1 aromatic heterocycles. The fraction of sp³-hybridized carbons (Fsp3) is 0.733. The van der Waals surface area contributed by atoms with Crippen LogP contribution in [0.25, 0.3) is 0 Å². The lowest BCUT2D eigenvalue weighted by molar-refractivity contribution is -0.142. The van der Waals surface area contributed by atoms with Gasteiger partial charge in [-0.2, -0.15) is 9.40 Å². The molecule has 1 saturated heterocycles. The van der Waals surface area contributed by atoms with Crippen LogP contribution in [0.4, 0.5) is 0 Å². The molecule has 0 aromatic carbocycles. The molecule has 0 radical (unpaired) electrons. The highest BCUT2D eigenvalue weighted by Crippen LogP contribution is 2.37. The van der Waals surface area contributed by atoms with Crippen LogP contribution >= 0.6 is 0 Å². The molecule has 2 aliphatic rings. The number of aliphatic carboxylic acids is 1. The van der Waals surface area contributed by atoms with Gasteiger partial charge in [0.15, 0.2) is 0 Å². The topological polar surface area (TPSA) is 92.5 Å². The summed E-state index contributed by atoms with van der Waals surface area (Å²) in [4.78, 5) is 11.5. The van der Waals surface area contributed by atoms with Gasteiger partial charge in [-0.3, -0.25) is 9.48 Å². The normalized spacial score (nSPS) is 24.1. The molecule has 2 heterocycles. The minimum Gasteiger partial charge on any atom is -0.481 e. The zero-order chi connectivity index (χ0) is 16.6. The fourth-order valence-electron chi connectivity index (χ4n) is 3.67. The maximum Gasteiger partial charge on any atom is 0.307 e. The quantitative estimate of drug-likeness (QED) is 0.897. The first-order valence-corrected chi connectivity index (χ1v) is 9.60. The fourth-order valence-corrected chi connectivity index (χ4v) is 5.45. The summed E-state index contributed by atoms with van der Waals surface area (Å²) in [6, 6.07) is 0. The first kappa shape index (κ1) is 16.4. The summed E-state index contributed by atoms with van der Waals surface area (Å²) in [7, 11) is -1.96. The molecule has 3 rings (SSSR count). The van der Waals surface area contributed by atoms with Crippen molar-refractivity contribution in [2.45, 2.75) is 49.3 Å². The Morgan fingerprint density at radius 1 is 1.26 bits per heavy atom. The molecule has 1 atom stereocenters. The molecule has 0 spiro atoms. The average Bonchev–Trinajstić information content (AvgIpc) is 3.16. The summed E-state index contributed by atoms with van der Waals surface area (Å²) >= 11 is 0. The molecule has 1 saturated carbocycles. The van der Waals surface area contributed by atoms with Gasteiger partial charge in [-0.15, -0.1) is 0 Å². The number of sulfonamides is 1. The predicted molar refractivity (Wildman–Crippen MR) is 83.5 cm³/mol. The largest absolute Gasteiger partial charge is 0.481 e. The smallest absolute Gasteiger partial charge is 0.307 e. The number of nitrogens with zero attached hydrogens (tertiary/aromatic N) is 3. The third-order valence-corrected chi connectivity index (χ3v) is 6.80. The van der Waals surface area contributed by atoms with Gasteiger partial charge in [0, 0.05) is 32.3 Å². The summed E-state index contributed by atoms with van der Waals surface area (Å²) in [5, 5.41) is 13.6. The van der Waals surface area contributed by atoms with E-state index in [2.05, 4.69) is 5.10 Å². The maximum absolute atomic E-state index is 13.0. The number of aryl methyl sites for hydroxylation is 1. The zero-order valence-corrected chi connectivity index (χ0v) is 14.1. The van der Waals surface area contributed by atoms with E-state index in [1.165, 1.54) is 4.31 Å². The Balaban J connectivity index is 1.92. The van der Waals surface area contributed by atoms with Crippen molar-refractivity contribution < 1.29 is 18.3 Å². The van der Waals surface area contributed by atoms with Crippen molar-refractivity contribution in [2.75, 3.05) is 13.1 Å². The molecule has 0 bridgehead atoms. The van der Waals surface area contributed by atoms with Crippen LogP contribution in [-0.2, 0) is 21.9 Å². The van der Waals surface area contributed by atoms with E-state index in [1.54, 1.807) is 17.9 Å². The van der Waals surface area contributed by atoms with Gasteiger partial charge in [0.25, 0.3) is 0 Å². The Kier molecular flexibility index (Phi) is 4.46. The SMILES string of the molecule is Cn1cc(S(=O)(=O)N2CCCC(C(=O)O)C2)c(C2CCCC2)n1. The van der Waals surface area contributed by atoms with Gasteiger partial charge in [0.1, 0.15) is 4.90 Å². The number of aromatic nitrogens is 2. The molecule has 1 aromatic rings. The highest BCUT2D eigenvalue weighted by Gasteiger charge is 2.37. The highest BCUT2D eigenvalue weighted by atomic mass is 32.2. The van der Waals surface area contributed by atoms with E-state index in [0.717, 1.165) is 25.7 Å². The first-order valence-electron chi connectivity index (χ1n) is 8.16. The third-order valence-electron chi connectivity index (χ3n) is 4.92. The Labute approximate surface area is 136 Å². The summed E-state index contributed by atoms with van der Waals surface area (Å²) in [6.07, 6.45) is 6.82. The lowest BCUT2D eigenvalue weighted by Crippen LogP contribution is -2.42. The third kappa shape index (κ3) is 3.14. The van der Waals surface area contributed by atoms with Crippen LogP contribution in [0, 0.1) is 5.92 Å². The molecule has 1 unspecified atom stereocenters. The number of hydrogen-bond acceptors (Lipinski definition) is 4. The van der Waals surface area contributed by atoms with Crippen LogP contribution in [0.2, 0.25) is 0 Å². The Morgan fingerprint density at radius 3 is 2.61 bits per heavy atom. The number of carboxylic acids is 1. The van der Waals surface area contributed by atoms with E-state index >= 15 is 0 Å². The van der Waals surface area contributed by atoms with Crippen molar-refractivity contribution in [2.24, 2.45) is 13.0 Å². The molecule has 1 aliphatic carbocycles. The molecular formula is C15H23N3O4S. The van der Waals surface area contributed by atoms with Crippen molar-refractivity contribution in [3.05, 3.63) is 11.9 Å². The van der Waals surface area contributed by atoms with Gasteiger partial charge in [0.05, 0.1) is 11.6 Å². The van der Waals surface area contributed by atoms with Gasteiger partial charge < -0.3 is 5.11 Å². The summed E-state index contributed by atoms with van der Waals surface area (Å²) in [5.74, 6) is -1.35. The molecule has 8 heteroatoms. The highest BCUT2D eigenvalue weighted by molar-refractivity contribution is 7.89. The van der Waals surface area contributed by atoms with Crippen LogP contribution in [0.15, 0.2) is 11.1 Å². The Morgan fingerprint density at radius 2 is 1.96 bits per heavy atom. The Bertz CT molecular complexity index is 692. The molecule has 1 N–H and O–H groups in total. The van der Waals surface area contributed by atoms with E-state index < -0.39 is 21.9 Å². The van der Waals surface area contributed by atoms with Crippen LogP contribution in [0.3, 0.4) is 0 Å². The molecule has 128 valence electrons. The summed E-state index contributed by atoms with van der Waals surface area (Å²) in [6.45, 7) is 0.432. The van der Waals surface area contributed by atoms with Gasteiger partial charge in [0.2, 0.25) is 10.0 Å². The number of piperidine rings is 1. The zero-order valence-electron chi connectivity index (χ0n) is 13.3. The van der Waals surface area contributed by atoms with Crippen LogP contribution in [0.1, 0.15) is 50.1 Å².